The van der Waals surface area contributed by atoms with E-state index in [4.69, 9.17) is 9.47 Å². The Bertz CT molecular complexity index is 435. The number of alkyl halides is 3. The number of rotatable bonds is 9. The minimum absolute atomic E-state index is 0. The Balaban J connectivity index is 0.00000364. The van der Waals surface area contributed by atoms with Gasteiger partial charge >= 0.3 is 6.18 Å². The highest BCUT2D eigenvalue weighted by atomic mass is 127. The highest BCUT2D eigenvalue weighted by Gasteiger charge is 2.34. The third-order valence-corrected chi connectivity index (χ3v) is 4.69. The predicted octanol–water partition coefficient (Wildman–Crippen LogP) is 2.10. The molecule has 0 aromatic carbocycles. The molecular weight excluding hydrogens is 476 g/mol. The number of halogens is 4. The van der Waals surface area contributed by atoms with Crippen molar-refractivity contribution in [2.75, 3.05) is 66.2 Å². The number of guanidine groups is 1. The lowest BCUT2D eigenvalue weighted by Crippen LogP contribution is -2.41. The second kappa shape index (κ2) is 13.0. The summed E-state index contributed by atoms with van der Waals surface area (Å²) in [6.45, 7) is 4.62. The number of hydrogen-bond acceptors (Lipinski definition) is 4. The van der Waals surface area contributed by atoms with Crippen LogP contribution in [0.25, 0.3) is 0 Å². The zero-order chi connectivity index (χ0) is 18.8. The second-order valence-electron chi connectivity index (χ2n) is 7.04. The summed E-state index contributed by atoms with van der Waals surface area (Å²) in [6, 6.07) is 0. The van der Waals surface area contributed by atoms with Crippen molar-refractivity contribution in [1.29, 1.82) is 0 Å². The van der Waals surface area contributed by atoms with Gasteiger partial charge in [-0.1, -0.05) is 0 Å². The van der Waals surface area contributed by atoms with E-state index in [0.29, 0.717) is 38.1 Å². The molecule has 0 spiro atoms. The summed E-state index contributed by atoms with van der Waals surface area (Å²) in [5.41, 5.74) is 0. The SMILES string of the molecule is CN=C(NCCCOCC1CCOC1)NCC1CCN(CC(F)(F)F)C1.I. The molecule has 2 saturated heterocycles. The summed E-state index contributed by atoms with van der Waals surface area (Å²) in [6.07, 6.45) is -1.39. The fraction of sp³-hybridized carbons (Fsp3) is 0.941. The van der Waals surface area contributed by atoms with Crippen LogP contribution in [-0.4, -0.2) is 83.2 Å². The normalized spacial score (nSPS) is 24.1. The van der Waals surface area contributed by atoms with E-state index in [2.05, 4.69) is 15.6 Å². The van der Waals surface area contributed by atoms with E-state index in [9.17, 15) is 13.2 Å². The molecule has 0 aromatic rings. The van der Waals surface area contributed by atoms with Crippen LogP contribution in [0.3, 0.4) is 0 Å². The van der Waals surface area contributed by atoms with Gasteiger partial charge in [0.2, 0.25) is 0 Å². The van der Waals surface area contributed by atoms with Gasteiger partial charge < -0.3 is 20.1 Å². The molecule has 0 aliphatic carbocycles. The lowest BCUT2D eigenvalue weighted by Gasteiger charge is -2.18. The number of hydrogen-bond donors (Lipinski definition) is 2. The van der Waals surface area contributed by atoms with Crippen LogP contribution in [0.2, 0.25) is 0 Å². The predicted molar refractivity (Wildman–Crippen MR) is 110 cm³/mol. The standard InChI is InChI=1S/C17H31F3N4O2.HI/c1-21-16(22-5-2-7-25-11-15-4-8-26-12-15)23-9-14-3-6-24(10-14)13-17(18,19)20;/h14-15H,2-13H2,1H3,(H2,21,22,23);1H. The Morgan fingerprint density at radius 2 is 2.07 bits per heavy atom. The Morgan fingerprint density at radius 3 is 2.74 bits per heavy atom. The van der Waals surface area contributed by atoms with Crippen LogP contribution >= 0.6 is 24.0 Å². The maximum absolute atomic E-state index is 12.4. The van der Waals surface area contributed by atoms with Gasteiger partial charge in [-0.2, -0.15) is 13.2 Å². The van der Waals surface area contributed by atoms with Gasteiger partial charge in [-0.15, -0.1) is 24.0 Å². The summed E-state index contributed by atoms with van der Waals surface area (Å²) in [4.78, 5) is 5.62. The molecule has 10 heteroatoms. The topological polar surface area (TPSA) is 58.1 Å². The van der Waals surface area contributed by atoms with Crippen LogP contribution < -0.4 is 10.6 Å². The van der Waals surface area contributed by atoms with Crippen molar-refractivity contribution >= 4 is 29.9 Å². The van der Waals surface area contributed by atoms with E-state index in [1.807, 2.05) is 0 Å². The number of likely N-dealkylation sites (tertiary alicyclic amines) is 1. The van der Waals surface area contributed by atoms with Crippen molar-refractivity contribution < 1.29 is 22.6 Å². The molecule has 0 bridgehead atoms. The van der Waals surface area contributed by atoms with E-state index < -0.39 is 12.7 Å². The van der Waals surface area contributed by atoms with Crippen LogP contribution in [0.1, 0.15) is 19.3 Å². The maximum atomic E-state index is 12.4. The molecule has 27 heavy (non-hydrogen) atoms. The molecule has 0 aromatic heterocycles. The summed E-state index contributed by atoms with van der Waals surface area (Å²) in [5, 5.41) is 6.42. The zero-order valence-corrected chi connectivity index (χ0v) is 18.2. The van der Waals surface area contributed by atoms with Gasteiger partial charge in [-0.05, 0) is 31.7 Å². The molecule has 2 fully saturated rings. The van der Waals surface area contributed by atoms with E-state index >= 15 is 0 Å². The Labute approximate surface area is 176 Å². The molecule has 0 saturated carbocycles. The van der Waals surface area contributed by atoms with Gasteiger partial charge in [0.05, 0.1) is 19.8 Å². The quantitative estimate of drug-likeness (QED) is 0.216. The van der Waals surface area contributed by atoms with Gasteiger partial charge in [0.1, 0.15) is 0 Å². The first kappa shape index (κ1) is 24.7. The molecule has 2 aliphatic heterocycles. The fourth-order valence-electron chi connectivity index (χ4n) is 3.28. The maximum Gasteiger partial charge on any atom is 0.401 e. The number of nitrogens with one attached hydrogen (secondary N) is 2. The van der Waals surface area contributed by atoms with Gasteiger partial charge in [0, 0.05) is 45.8 Å². The summed E-state index contributed by atoms with van der Waals surface area (Å²) in [7, 11) is 1.69. The van der Waals surface area contributed by atoms with Crippen molar-refractivity contribution in [3.05, 3.63) is 0 Å². The summed E-state index contributed by atoms with van der Waals surface area (Å²) < 4.78 is 48.2. The van der Waals surface area contributed by atoms with Crippen molar-refractivity contribution in [1.82, 2.24) is 15.5 Å². The minimum atomic E-state index is -4.12. The molecule has 2 aliphatic rings. The van der Waals surface area contributed by atoms with Crippen molar-refractivity contribution in [3.8, 4) is 0 Å². The smallest absolute Gasteiger partial charge is 0.381 e. The first-order valence-electron chi connectivity index (χ1n) is 9.35. The molecule has 160 valence electrons. The van der Waals surface area contributed by atoms with E-state index in [-0.39, 0.29) is 29.9 Å². The number of ether oxygens (including phenoxy) is 2. The molecule has 2 rings (SSSR count). The molecular formula is C17H32F3IN4O2. The van der Waals surface area contributed by atoms with Gasteiger partial charge in [0.25, 0.3) is 0 Å². The first-order valence-corrected chi connectivity index (χ1v) is 9.35. The Kier molecular flexibility index (Phi) is 11.9. The van der Waals surface area contributed by atoms with Gasteiger partial charge in [-0.3, -0.25) is 9.89 Å². The summed E-state index contributed by atoms with van der Waals surface area (Å²) in [5.74, 6) is 1.43. The molecule has 2 unspecified atom stereocenters. The largest absolute Gasteiger partial charge is 0.401 e. The molecule has 2 atom stereocenters. The molecule has 2 N–H and O–H groups in total. The molecule has 6 nitrogen and oxygen atoms in total. The van der Waals surface area contributed by atoms with E-state index in [1.54, 1.807) is 7.05 Å². The van der Waals surface area contributed by atoms with Crippen LogP contribution in [0.5, 0.6) is 0 Å². The van der Waals surface area contributed by atoms with Gasteiger partial charge in [-0.25, -0.2) is 0 Å². The number of aliphatic imine (C=N–C) groups is 1. The fourth-order valence-corrected chi connectivity index (χ4v) is 3.28. The van der Waals surface area contributed by atoms with Crippen LogP contribution in [0.4, 0.5) is 13.2 Å². The highest BCUT2D eigenvalue weighted by molar-refractivity contribution is 14.0. The monoisotopic (exact) mass is 508 g/mol. The lowest BCUT2D eigenvalue weighted by atomic mass is 10.1. The Morgan fingerprint density at radius 1 is 1.26 bits per heavy atom. The highest BCUT2D eigenvalue weighted by Crippen LogP contribution is 2.22. The lowest BCUT2D eigenvalue weighted by molar-refractivity contribution is -0.143. The van der Waals surface area contributed by atoms with Crippen LogP contribution in [-0.2, 0) is 9.47 Å². The first-order chi connectivity index (χ1) is 12.5. The zero-order valence-electron chi connectivity index (χ0n) is 15.9. The van der Waals surface area contributed by atoms with Crippen molar-refractivity contribution in [2.24, 2.45) is 16.8 Å². The second-order valence-corrected chi connectivity index (χ2v) is 7.04. The average Bonchev–Trinajstić information content (AvgIpc) is 3.24. The molecule has 0 amide bonds. The summed E-state index contributed by atoms with van der Waals surface area (Å²) >= 11 is 0. The Hall–Kier alpha value is -0.330. The molecule has 2 heterocycles. The third-order valence-electron chi connectivity index (χ3n) is 4.69. The van der Waals surface area contributed by atoms with Crippen LogP contribution in [0.15, 0.2) is 4.99 Å². The van der Waals surface area contributed by atoms with Crippen molar-refractivity contribution in [3.63, 3.8) is 0 Å². The van der Waals surface area contributed by atoms with E-state index in [0.717, 1.165) is 45.6 Å². The van der Waals surface area contributed by atoms with Crippen molar-refractivity contribution in [2.45, 2.75) is 25.4 Å². The van der Waals surface area contributed by atoms with Crippen LogP contribution in [0, 0.1) is 11.8 Å². The number of nitrogens with zero attached hydrogens (tertiary/aromatic N) is 2. The van der Waals surface area contributed by atoms with Gasteiger partial charge in [0.15, 0.2) is 5.96 Å². The third kappa shape index (κ3) is 10.7. The minimum Gasteiger partial charge on any atom is -0.381 e. The average molecular weight is 508 g/mol. The van der Waals surface area contributed by atoms with E-state index in [1.165, 1.54) is 4.90 Å². The molecule has 0 radical (unpaired) electrons.